The van der Waals surface area contributed by atoms with Crippen LogP contribution in [0.25, 0.3) is 0 Å². The number of rotatable bonds is 1. The molecule has 62 valence electrons. The first-order valence-electron chi connectivity index (χ1n) is 3.75. The normalized spacial score (nSPS) is 14.3. The zero-order valence-corrected chi connectivity index (χ0v) is 6.50. The van der Waals surface area contributed by atoms with E-state index in [1.165, 1.54) is 0 Å². The molecule has 2 rings (SSSR count). The minimum absolute atomic E-state index is 0.345. The van der Waals surface area contributed by atoms with E-state index in [0.29, 0.717) is 5.69 Å². The van der Waals surface area contributed by atoms with Crippen LogP contribution in [0.2, 0.25) is 0 Å². The van der Waals surface area contributed by atoms with Crippen molar-refractivity contribution in [1.82, 2.24) is 10.3 Å². The van der Waals surface area contributed by atoms with E-state index >= 15 is 0 Å². The Morgan fingerprint density at radius 3 is 3.00 bits per heavy atom. The molecule has 0 aromatic carbocycles. The van der Waals surface area contributed by atoms with Crippen LogP contribution >= 0.6 is 0 Å². The zero-order valence-electron chi connectivity index (χ0n) is 6.50. The molecule has 0 atom stereocenters. The van der Waals surface area contributed by atoms with Gasteiger partial charge < -0.3 is 11.1 Å². The van der Waals surface area contributed by atoms with Gasteiger partial charge in [-0.3, -0.25) is 9.78 Å². The van der Waals surface area contributed by atoms with Crippen LogP contribution in [0, 0.1) is 0 Å². The van der Waals surface area contributed by atoms with E-state index in [1.807, 2.05) is 0 Å². The predicted octanol–water partition coefficient (Wildman–Crippen LogP) is -0.216. The van der Waals surface area contributed by atoms with Gasteiger partial charge in [0, 0.05) is 19.3 Å². The van der Waals surface area contributed by atoms with Crippen molar-refractivity contribution in [3.63, 3.8) is 0 Å². The lowest BCUT2D eigenvalue weighted by Gasteiger charge is -1.98. The second-order valence-electron chi connectivity index (χ2n) is 2.81. The van der Waals surface area contributed by atoms with E-state index in [1.54, 1.807) is 12.3 Å². The maximum atomic E-state index is 10.7. The van der Waals surface area contributed by atoms with Gasteiger partial charge in [0.2, 0.25) is 0 Å². The molecular weight excluding hydrogens is 154 g/mol. The molecule has 0 aliphatic carbocycles. The molecule has 4 heteroatoms. The van der Waals surface area contributed by atoms with Gasteiger partial charge in [-0.25, -0.2) is 0 Å². The quantitative estimate of drug-likeness (QED) is 0.601. The third kappa shape index (κ3) is 1.06. The summed E-state index contributed by atoms with van der Waals surface area (Å²) in [5.74, 6) is -0.468. The monoisotopic (exact) mass is 163 g/mol. The molecular formula is C8H9N3O. The number of carbonyl (C=O) groups is 1. The minimum atomic E-state index is -0.468. The van der Waals surface area contributed by atoms with E-state index in [2.05, 4.69) is 10.3 Å². The number of aromatic nitrogens is 1. The Labute approximate surface area is 69.8 Å². The first-order chi connectivity index (χ1) is 5.77. The van der Waals surface area contributed by atoms with Crippen molar-refractivity contribution in [2.45, 2.75) is 13.1 Å². The number of nitrogens with one attached hydrogen (secondary N) is 1. The fraction of sp³-hybridized carbons (Fsp3) is 0.250. The molecule has 2 heterocycles. The van der Waals surface area contributed by atoms with Crippen LogP contribution < -0.4 is 11.1 Å². The summed E-state index contributed by atoms with van der Waals surface area (Å²) in [6.07, 6.45) is 1.70. The van der Waals surface area contributed by atoms with Gasteiger partial charge in [-0.05, 0) is 17.2 Å². The number of amides is 1. The summed E-state index contributed by atoms with van der Waals surface area (Å²) in [5, 5.41) is 3.16. The third-order valence-corrected chi connectivity index (χ3v) is 1.97. The highest BCUT2D eigenvalue weighted by Gasteiger charge is 2.12. The van der Waals surface area contributed by atoms with Gasteiger partial charge in [0.05, 0.1) is 0 Å². The van der Waals surface area contributed by atoms with Crippen molar-refractivity contribution < 1.29 is 4.79 Å². The molecule has 0 fully saturated rings. The third-order valence-electron chi connectivity index (χ3n) is 1.97. The fourth-order valence-electron chi connectivity index (χ4n) is 1.32. The first kappa shape index (κ1) is 7.24. The Morgan fingerprint density at radius 1 is 1.50 bits per heavy atom. The summed E-state index contributed by atoms with van der Waals surface area (Å²) in [4.78, 5) is 14.7. The Morgan fingerprint density at radius 2 is 2.25 bits per heavy atom. The fourth-order valence-corrected chi connectivity index (χ4v) is 1.32. The summed E-state index contributed by atoms with van der Waals surface area (Å²) in [6, 6.07) is 1.75. The van der Waals surface area contributed by atoms with Crippen LogP contribution in [0.4, 0.5) is 0 Å². The van der Waals surface area contributed by atoms with Crippen LogP contribution in [0.5, 0.6) is 0 Å². The van der Waals surface area contributed by atoms with Crippen LogP contribution in [-0.2, 0) is 13.1 Å². The van der Waals surface area contributed by atoms with Crippen LogP contribution in [0.1, 0.15) is 21.6 Å². The molecule has 12 heavy (non-hydrogen) atoms. The van der Waals surface area contributed by atoms with Gasteiger partial charge in [0.15, 0.2) is 0 Å². The number of hydrogen-bond donors (Lipinski definition) is 2. The van der Waals surface area contributed by atoms with Gasteiger partial charge in [-0.15, -0.1) is 0 Å². The first-order valence-corrected chi connectivity index (χ1v) is 3.75. The van der Waals surface area contributed by atoms with Gasteiger partial charge in [0.25, 0.3) is 5.91 Å². The SMILES string of the molecule is NC(=O)c1cc2c(cn1)CNC2. The predicted molar refractivity (Wildman–Crippen MR) is 43.3 cm³/mol. The summed E-state index contributed by atoms with van der Waals surface area (Å²) in [7, 11) is 0. The highest BCUT2D eigenvalue weighted by Crippen LogP contribution is 2.14. The molecule has 1 aliphatic rings. The number of hydrogen-bond acceptors (Lipinski definition) is 3. The number of nitrogens with zero attached hydrogens (tertiary/aromatic N) is 1. The molecule has 1 aromatic rings. The zero-order chi connectivity index (χ0) is 8.55. The van der Waals surface area contributed by atoms with E-state index in [0.717, 1.165) is 24.2 Å². The van der Waals surface area contributed by atoms with Crippen molar-refractivity contribution >= 4 is 5.91 Å². The molecule has 1 amide bonds. The highest BCUT2D eigenvalue weighted by atomic mass is 16.1. The van der Waals surface area contributed by atoms with E-state index in [9.17, 15) is 4.79 Å². The van der Waals surface area contributed by atoms with E-state index < -0.39 is 5.91 Å². The maximum Gasteiger partial charge on any atom is 0.267 e. The lowest BCUT2D eigenvalue weighted by Crippen LogP contribution is -2.13. The standard InChI is InChI=1S/C8H9N3O/c9-8(12)7-1-5-2-10-3-6(5)4-11-7/h1,4,10H,2-3H2,(H2,9,12). The van der Waals surface area contributed by atoms with Gasteiger partial charge in [-0.2, -0.15) is 0 Å². The molecule has 0 spiro atoms. The topological polar surface area (TPSA) is 68.0 Å². The maximum absolute atomic E-state index is 10.7. The average Bonchev–Trinajstić information content (AvgIpc) is 2.49. The Balaban J connectivity index is 2.45. The van der Waals surface area contributed by atoms with Crippen molar-refractivity contribution in [2.75, 3.05) is 0 Å². The second-order valence-corrected chi connectivity index (χ2v) is 2.81. The summed E-state index contributed by atoms with van der Waals surface area (Å²) in [5.41, 5.74) is 7.71. The molecule has 0 saturated heterocycles. The van der Waals surface area contributed by atoms with Crippen LogP contribution in [-0.4, -0.2) is 10.9 Å². The number of fused-ring (bicyclic) bond motifs is 1. The van der Waals surface area contributed by atoms with Crippen molar-refractivity contribution in [3.05, 3.63) is 29.1 Å². The van der Waals surface area contributed by atoms with Crippen molar-refractivity contribution in [1.29, 1.82) is 0 Å². The van der Waals surface area contributed by atoms with Gasteiger partial charge in [0.1, 0.15) is 5.69 Å². The second kappa shape index (κ2) is 2.57. The molecule has 0 bridgehead atoms. The van der Waals surface area contributed by atoms with Crippen LogP contribution in [0.15, 0.2) is 12.3 Å². The Kier molecular flexibility index (Phi) is 1.55. The summed E-state index contributed by atoms with van der Waals surface area (Å²) >= 11 is 0. The number of carbonyl (C=O) groups excluding carboxylic acids is 1. The summed E-state index contributed by atoms with van der Waals surface area (Å²) in [6.45, 7) is 1.64. The minimum Gasteiger partial charge on any atom is -0.364 e. The average molecular weight is 163 g/mol. The molecule has 0 saturated carbocycles. The molecule has 4 nitrogen and oxygen atoms in total. The van der Waals surface area contributed by atoms with Crippen LogP contribution in [0.3, 0.4) is 0 Å². The number of primary amides is 1. The van der Waals surface area contributed by atoms with Crippen molar-refractivity contribution in [3.8, 4) is 0 Å². The smallest absolute Gasteiger partial charge is 0.267 e. The highest BCUT2D eigenvalue weighted by molar-refractivity contribution is 5.90. The number of pyridine rings is 1. The van der Waals surface area contributed by atoms with Gasteiger partial charge in [-0.1, -0.05) is 0 Å². The molecule has 0 radical (unpaired) electrons. The Bertz CT molecular complexity index is 335. The molecule has 1 aliphatic heterocycles. The summed E-state index contributed by atoms with van der Waals surface area (Å²) < 4.78 is 0. The molecule has 1 aromatic heterocycles. The molecule has 3 N–H and O–H groups in total. The Hall–Kier alpha value is -1.42. The lowest BCUT2D eigenvalue weighted by molar-refractivity contribution is 0.0995. The number of nitrogens with two attached hydrogens (primary N) is 1. The van der Waals surface area contributed by atoms with Gasteiger partial charge >= 0.3 is 0 Å². The lowest BCUT2D eigenvalue weighted by atomic mass is 10.1. The van der Waals surface area contributed by atoms with E-state index in [-0.39, 0.29) is 0 Å². The van der Waals surface area contributed by atoms with E-state index in [4.69, 9.17) is 5.73 Å². The molecule has 0 unspecified atom stereocenters. The van der Waals surface area contributed by atoms with Crippen molar-refractivity contribution in [2.24, 2.45) is 5.73 Å². The largest absolute Gasteiger partial charge is 0.364 e.